The van der Waals surface area contributed by atoms with Gasteiger partial charge in [-0.05, 0) is 5.92 Å². The number of carbonyl (C=O) groups excluding carboxylic acids is 3. The van der Waals surface area contributed by atoms with E-state index < -0.39 is 11.8 Å². The third-order valence-electron chi connectivity index (χ3n) is 2.69. The predicted molar refractivity (Wildman–Crippen MR) is 54.0 cm³/mol. The molecule has 0 aromatic heterocycles. The highest BCUT2D eigenvalue weighted by Gasteiger charge is 2.38. The Kier molecular flexibility index (Phi) is 3.44. The lowest BCUT2D eigenvalue weighted by molar-refractivity contribution is -0.159. The van der Waals surface area contributed by atoms with Crippen LogP contribution >= 0.6 is 0 Å². The molecule has 5 nitrogen and oxygen atoms in total. The summed E-state index contributed by atoms with van der Waals surface area (Å²) in [5.41, 5.74) is 0. The van der Waals surface area contributed by atoms with Crippen LogP contribution in [0, 0.1) is 5.92 Å². The number of hydrogen-bond donors (Lipinski definition) is 0. The Morgan fingerprint density at radius 3 is 2.47 bits per heavy atom. The normalized spacial score (nSPS) is 22.5. The van der Waals surface area contributed by atoms with E-state index in [-0.39, 0.29) is 18.5 Å². The van der Waals surface area contributed by atoms with Gasteiger partial charge in [-0.15, -0.1) is 0 Å². The van der Waals surface area contributed by atoms with E-state index in [1.54, 1.807) is 7.05 Å². The predicted octanol–water partition coefficient (Wildman–Crippen LogP) is -0.489. The summed E-state index contributed by atoms with van der Waals surface area (Å²) in [6, 6.07) is -0.0644. The Morgan fingerprint density at radius 2 is 2.00 bits per heavy atom. The second-order valence-corrected chi connectivity index (χ2v) is 4.12. The molecule has 0 aliphatic carbocycles. The molecule has 0 radical (unpaired) electrons. The van der Waals surface area contributed by atoms with E-state index in [4.69, 9.17) is 0 Å². The third kappa shape index (κ3) is 2.16. The average molecular weight is 212 g/mol. The van der Waals surface area contributed by atoms with Crippen molar-refractivity contribution in [3.63, 3.8) is 0 Å². The molecule has 0 saturated carbocycles. The van der Waals surface area contributed by atoms with Crippen molar-refractivity contribution >= 4 is 18.1 Å². The molecule has 1 aliphatic heterocycles. The van der Waals surface area contributed by atoms with E-state index in [0.29, 0.717) is 12.8 Å². The van der Waals surface area contributed by atoms with Crippen molar-refractivity contribution < 1.29 is 14.4 Å². The number of likely N-dealkylation sites (N-methyl/N-ethyl adjacent to an activating group) is 1. The molecule has 1 fully saturated rings. The number of piperazine rings is 1. The summed E-state index contributed by atoms with van der Waals surface area (Å²) >= 11 is 0. The quantitative estimate of drug-likeness (QED) is 0.468. The molecule has 84 valence electrons. The van der Waals surface area contributed by atoms with E-state index in [9.17, 15) is 14.4 Å². The van der Waals surface area contributed by atoms with Crippen LogP contribution in [-0.4, -0.2) is 54.1 Å². The number of hydrogen-bond acceptors (Lipinski definition) is 3. The van der Waals surface area contributed by atoms with E-state index in [2.05, 4.69) is 0 Å². The minimum atomic E-state index is -0.574. The zero-order valence-electron chi connectivity index (χ0n) is 9.27. The summed E-state index contributed by atoms with van der Waals surface area (Å²) in [4.78, 5) is 36.2. The molecule has 0 aromatic carbocycles. The highest BCUT2D eigenvalue weighted by Crippen LogP contribution is 2.17. The molecular formula is C10H16N2O3. The van der Waals surface area contributed by atoms with Crippen molar-refractivity contribution in [2.45, 2.75) is 19.9 Å². The summed E-state index contributed by atoms with van der Waals surface area (Å²) in [5, 5.41) is 0. The van der Waals surface area contributed by atoms with Gasteiger partial charge in [-0.3, -0.25) is 9.59 Å². The third-order valence-corrected chi connectivity index (χ3v) is 2.69. The molecule has 2 amide bonds. The molecule has 15 heavy (non-hydrogen) atoms. The van der Waals surface area contributed by atoms with Crippen LogP contribution in [0.4, 0.5) is 0 Å². The second-order valence-electron chi connectivity index (χ2n) is 4.12. The Hall–Kier alpha value is -1.39. The molecule has 0 aromatic rings. The molecule has 1 unspecified atom stereocenters. The van der Waals surface area contributed by atoms with Gasteiger partial charge in [-0.1, -0.05) is 13.8 Å². The minimum Gasteiger partial charge on any atom is -0.335 e. The maximum atomic E-state index is 11.6. The lowest BCUT2D eigenvalue weighted by atomic mass is 9.99. The van der Waals surface area contributed by atoms with Gasteiger partial charge in [-0.2, -0.15) is 0 Å². The second kappa shape index (κ2) is 4.42. The average Bonchev–Trinajstić information content (AvgIpc) is 2.18. The van der Waals surface area contributed by atoms with Crippen molar-refractivity contribution in [2.24, 2.45) is 5.92 Å². The van der Waals surface area contributed by atoms with Crippen LogP contribution in [0.3, 0.4) is 0 Å². The Labute approximate surface area is 89.0 Å². The van der Waals surface area contributed by atoms with Crippen LogP contribution in [0.5, 0.6) is 0 Å². The summed E-state index contributed by atoms with van der Waals surface area (Å²) in [5.74, 6) is -0.882. The smallest absolute Gasteiger partial charge is 0.312 e. The highest BCUT2D eigenvalue weighted by atomic mass is 16.2. The fourth-order valence-corrected chi connectivity index (χ4v) is 1.77. The van der Waals surface area contributed by atoms with Crippen LogP contribution in [0.1, 0.15) is 13.8 Å². The molecule has 1 saturated heterocycles. The molecule has 1 aliphatic rings. The van der Waals surface area contributed by atoms with E-state index in [1.165, 1.54) is 9.80 Å². The van der Waals surface area contributed by atoms with Gasteiger partial charge < -0.3 is 14.6 Å². The zero-order valence-corrected chi connectivity index (χ0v) is 9.27. The first-order valence-corrected chi connectivity index (χ1v) is 4.98. The molecular weight excluding hydrogens is 196 g/mol. The first-order valence-electron chi connectivity index (χ1n) is 4.98. The van der Waals surface area contributed by atoms with Crippen molar-refractivity contribution in [1.29, 1.82) is 0 Å². The first kappa shape index (κ1) is 11.7. The fourth-order valence-electron chi connectivity index (χ4n) is 1.77. The van der Waals surface area contributed by atoms with Crippen LogP contribution < -0.4 is 0 Å². The van der Waals surface area contributed by atoms with Gasteiger partial charge in [0.2, 0.25) is 0 Å². The maximum Gasteiger partial charge on any atom is 0.312 e. The highest BCUT2D eigenvalue weighted by molar-refractivity contribution is 6.35. The van der Waals surface area contributed by atoms with Crippen molar-refractivity contribution in [1.82, 2.24) is 9.80 Å². The monoisotopic (exact) mass is 212 g/mol. The van der Waals surface area contributed by atoms with Crippen LogP contribution in [-0.2, 0) is 14.4 Å². The van der Waals surface area contributed by atoms with Crippen LogP contribution in [0.15, 0.2) is 0 Å². The first-order chi connectivity index (χ1) is 6.99. The summed E-state index contributed by atoms with van der Waals surface area (Å²) in [6.07, 6.45) is 0.659. The lowest BCUT2D eigenvalue weighted by Gasteiger charge is -2.40. The van der Waals surface area contributed by atoms with Crippen molar-refractivity contribution in [3.8, 4) is 0 Å². The van der Waals surface area contributed by atoms with Gasteiger partial charge in [-0.25, -0.2) is 0 Å². The lowest BCUT2D eigenvalue weighted by Crippen LogP contribution is -2.60. The van der Waals surface area contributed by atoms with Crippen LogP contribution in [0.2, 0.25) is 0 Å². The van der Waals surface area contributed by atoms with Gasteiger partial charge in [0.05, 0.1) is 12.6 Å². The summed E-state index contributed by atoms with van der Waals surface area (Å²) in [7, 11) is 1.61. The largest absolute Gasteiger partial charge is 0.335 e. The van der Waals surface area contributed by atoms with E-state index >= 15 is 0 Å². The number of carbonyl (C=O) groups is 3. The molecule has 1 heterocycles. The number of amides is 2. The SMILES string of the molecule is CC(C)C1CN(C)C(=O)C(=O)N1CC=O. The van der Waals surface area contributed by atoms with Gasteiger partial charge in [0.25, 0.3) is 0 Å². The Bertz CT molecular complexity index is 288. The summed E-state index contributed by atoms with van der Waals surface area (Å²) < 4.78 is 0. The summed E-state index contributed by atoms with van der Waals surface area (Å²) in [6.45, 7) is 4.44. The van der Waals surface area contributed by atoms with Gasteiger partial charge >= 0.3 is 11.8 Å². The molecule has 1 rings (SSSR count). The molecule has 1 atom stereocenters. The Balaban J connectivity index is 2.90. The maximum absolute atomic E-state index is 11.6. The van der Waals surface area contributed by atoms with Gasteiger partial charge in [0, 0.05) is 13.6 Å². The standard InChI is InChI=1S/C10H16N2O3/c1-7(2)8-6-11(3)9(14)10(15)12(8)4-5-13/h5,7-8H,4,6H2,1-3H3. The molecule has 5 heteroatoms. The Morgan fingerprint density at radius 1 is 1.40 bits per heavy atom. The van der Waals surface area contributed by atoms with E-state index in [1.807, 2.05) is 13.8 Å². The molecule has 0 bridgehead atoms. The van der Waals surface area contributed by atoms with Crippen molar-refractivity contribution in [3.05, 3.63) is 0 Å². The van der Waals surface area contributed by atoms with E-state index in [0.717, 1.165) is 0 Å². The topological polar surface area (TPSA) is 57.7 Å². The fraction of sp³-hybridized carbons (Fsp3) is 0.700. The number of nitrogens with zero attached hydrogens (tertiary/aromatic N) is 2. The molecule has 0 N–H and O–H groups in total. The zero-order chi connectivity index (χ0) is 11.6. The molecule has 0 spiro atoms. The van der Waals surface area contributed by atoms with Gasteiger partial charge in [0.1, 0.15) is 6.29 Å². The minimum absolute atomic E-state index is 0.00125. The number of aldehydes is 1. The van der Waals surface area contributed by atoms with Crippen LogP contribution in [0.25, 0.3) is 0 Å². The number of rotatable bonds is 3. The van der Waals surface area contributed by atoms with Gasteiger partial charge in [0.15, 0.2) is 0 Å². The van der Waals surface area contributed by atoms with Crippen molar-refractivity contribution in [2.75, 3.05) is 20.1 Å².